The van der Waals surface area contributed by atoms with Gasteiger partial charge in [-0.3, -0.25) is 19.5 Å². The number of likely N-dealkylation sites (tertiary alicyclic amines) is 1. The van der Waals surface area contributed by atoms with E-state index in [1.807, 2.05) is 30.5 Å². The van der Waals surface area contributed by atoms with E-state index in [1.54, 1.807) is 25.6 Å². The molecule has 2 aromatic heterocycles. The highest BCUT2D eigenvalue weighted by molar-refractivity contribution is 5.96. The number of carbonyl (C=O) groups excluding carboxylic acids is 2. The van der Waals surface area contributed by atoms with Crippen LogP contribution in [0, 0.1) is 0 Å². The molecule has 39 heavy (non-hydrogen) atoms. The van der Waals surface area contributed by atoms with Crippen molar-refractivity contribution >= 4 is 11.8 Å². The zero-order valence-electron chi connectivity index (χ0n) is 22.3. The van der Waals surface area contributed by atoms with Crippen LogP contribution in [0.1, 0.15) is 28.7 Å². The number of fused-ring (bicyclic) bond motifs is 5. The molecule has 1 saturated heterocycles. The van der Waals surface area contributed by atoms with Crippen LogP contribution in [-0.2, 0) is 34.0 Å². The molecule has 1 aromatic carbocycles. The summed E-state index contributed by atoms with van der Waals surface area (Å²) in [4.78, 5) is 39.0. The summed E-state index contributed by atoms with van der Waals surface area (Å²) in [5, 5.41) is 3.13. The summed E-state index contributed by atoms with van der Waals surface area (Å²) in [6, 6.07) is 9.01. The van der Waals surface area contributed by atoms with Gasteiger partial charge < -0.3 is 29.0 Å². The predicted octanol–water partition coefficient (Wildman–Crippen LogP) is 2.08. The number of rotatable bonds is 6. The molecule has 2 aliphatic rings. The van der Waals surface area contributed by atoms with Crippen LogP contribution in [-0.4, -0.2) is 88.2 Å². The monoisotopic (exact) mass is 534 g/mol. The molecule has 1 N–H and O–H groups in total. The van der Waals surface area contributed by atoms with Gasteiger partial charge >= 0.3 is 0 Å². The molecule has 1 fully saturated rings. The molecule has 4 bridgehead atoms. The third kappa shape index (κ3) is 6.62. The van der Waals surface area contributed by atoms with E-state index in [-0.39, 0.29) is 37.0 Å². The first-order valence-corrected chi connectivity index (χ1v) is 13.2. The second kappa shape index (κ2) is 12.4. The van der Waals surface area contributed by atoms with Crippen LogP contribution in [0.25, 0.3) is 0 Å². The minimum Gasteiger partial charge on any atom is -0.456 e. The van der Waals surface area contributed by atoms with E-state index in [0.717, 1.165) is 17.9 Å². The van der Waals surface area contributed by atoms with Crippen molar-refractivity contribution in [1.82, 2.24) is 29.7 Å². The van der Waals surface area contributed by atoms with Crippen LogP contribution in [0.2, 0.25) is 0 Å². The molecule has 206 valence electrons. The van der Waals surface area contributed by atoms with Gasteiger partial charge in [-0.05, 0) is 30.7 Å². The number of aryl methyl sites for hydroxylation is 1. The summed E-state index contributed by atoms with van der Waals surface area (Å²) in [5.41, 5.74) is 1.27. The second-order valence-corrected chi connectivity index (χ2v) is 9.73. The number of aromatic nitrogens is 3. The second-order valence-electron chi connectivity index (χ2n) is 9.73. The Hall–Kier alpha value is -3.80. The number of methoxy groups -OCH3 is 1. The molecule has 2 aliphatic heterocycles. The Labute approximate surface area is 227 Å². The van der Waals surface area contributed by atoms with Crippen molar-refractivity contribution in [2.45, 2.75) is 38.8 Å². The summed E-state index contributed by atoms with van der Waals surface area (Å²) in [6.07, 6.45) is 6.57. The quantitative estimate of drug-likeness (QED) is 0.512. The van der Waals surface area contributed by atoms with E-state index < -0.39 is 0 Å². The van der Waals surface area contributed by atoms with Gasteiger partial charge in [-0.15, -0.1) is 0 Å². The molecule has 0 aliphatic carbocycles. The van der Waals surface area contributed by atoms with Gasteiger partial charge in [0.2, 0.25) is 5.91 Å². The number of carbonyl (C=O) groups is 2. The van der Waals surface area contributed by atoms with Crippen LogP contribution < -0.4 is 10.1 Å². The van der Waals surface area contributed by atoms with E-state index in [9.17, 15) is 9.59 Å². The number of amides is 2. The maximum absolute atomic E-state index is 13.4. The molecule has 0 saturated carbocycles. The molecule has 0 unspecified atom stereocenters. The molecule has 11 heteroatoms. The van der Waals surface area contributed by atoms with Crippen LogP contribution >= 0.6 is 0 Å². The zero-order valence-corrected chi connectivity index (χ0v) is 22.3. The summed E-state index contributed by atoms with van der Waals surface area (Å²) >= 11 is 0. The highest BCUT2D eigenvalue weighted by Crippen LogP contribution is 2.25. The Morgan fingerprint density at radius 2 is 2.05 bits per heavy atom. The predicted molar refractivity (Wildman–Crippen MR) is 142 cm³/mol. The van der Waals surface area contributed by atoms with Gasteiger partial charge in [0.1, 0.15) is 17.3 Å². The minimum atomic E-state index is -0.326. The molecular weight excluding hydrogens is 500 g/mol. The lowest BCUT2D eigenvalue weighted by Gasteiger charge is -2.25. The number of benzene rings is 1. The standard InChI is InChI=1S/C28H34N6O5/c1-3-33-8-7-30-26(33)17-32-15-24-25(16-32)38-19-20-5-4-6-22(11-20)39-23-12-21(13-29-14-23)28(36)34(9-10-37-2)18-27(35)31-24/h4-8,11-14,24-25H,3,9-10,15-19H2,1-2H3,(H,31,35)/t24-,25-/m0/s1. The van der Waals surface area contributed by atoms with Crippen molar-refractivity contribution in [3.63, 3.8) is 0 Å². The lowest BCUT2D eigenvalue weighted by molar-refractivity contribution is -0.123. The maximum Gasteiger partial charge on any atom is 0.256 e. The molecule has 11 nitrogen and oxygen atoms in total. The molecule has 2 amide bonds. The number of hydrogen-bond acceptors (Lipinski definition) is 8. The largest absolute Gasteiger partial charge is 0.456 e. The topological polar surface area (TPSA) is 111 Å². The minimum absolute atomic E-state index is 0.115. The van der Waals surface area contributed by atoms with Gasteiger partial charge in [0.25, 0.3) is 5.91 Å². The summed E-state index contributed by atoms with van der Waals surface area (Å²) in [5.74, 6) is 1.44. The van der Waals surface area contributed by atoms with Gasteiger partial charge in [0, 0.05) is 51.9 Å². The van der Waals surface area contributed by atoms with Crippen molar-refractivity contribution in [3.8, 4) is 11.5 Å². The van der Waals surface area contributed by atoms with Gasteiger partial charge in [-0.2, -0.15) is 0 Å². The SMILES string of the molecule is CCn1ccnc1CN1C[C@@H]2NC(=O)CN(CCOC)C(=O)c3cncc(c3)Oc3cccc(c3)CO[C@H]2C1. The zero-order chi connectivity index (χ0) is 27.2. The molecule has 0 radical (unpaired) electrons. The molecule has 5 rings (SSSR count). The van der Waals surface area contributed by atoms with Crippen molar-refractivity contribution < 1.29 is 23.8 Å². The Morgan fingerprint density at radius 1 is 1.15 bits per heavy atom. The van der Waals surface area contributed by atoms with Crippen molar-refractivity contribution in [2.75, 3.05) is 39.9 Å². The van der Waals surface area contributed by atoms with Gasteiger partial charge in [-0.1, -0.05) is 12.1 Å². The average molecular weight is 535 g/mol. The Kier molecular flexibility index (Phi) is 8.50. The Morgan fingerprint density at radius 3 is 2.90 bits per heavy atom. The maximum atomic E-state index is 13.4. The third-order valence-corrected chi connectivity index (χ3v) is 6.94. The lowest BCUT2D eigenvalue weighted by Crippen LogP contribution is -2.49. The number of nitrogens with one attached hydrogen (secondary N) is 1. The van der Waals surface area contributed by atoms with Gasteiger partial charge in [0.05, 0.1) is 50.2 Å². The average Bonchev–Trinajstić information content (AvgIpc) is 3.55. The fourth-order valence-corrected chi connectivity index (χ4v) is 4.96. The number of imidazole rings is 1. The lowest BCUT2D eigenvalue weighted by atomic mass is 10.2. The summed E-state index contributed by atoms with van der Waals surface area (Å²) in [7, 11) is 1.56. The number of nitrogens with zero attached hydrogens (tertiary/aromatic N) is 5. The van der Waals surface area contributed by atoms with Crippen molar-refractivity contribution in [1.29, 1.82) is 0 Å². The normalized spacial score (nSPS) is 20.4. The van der Waals surface area contributed by atoms with Gasteiger partial charge in [-0.25, -0.2) is 4.98 Å². The Balaban J connectivity index is 1.41. The molecule has 4 heterocycles. The van der Waals surface area contributed by atoms with E-state index >= 15 is 0 Å². The van der Waals surface area contributed by atoms with E-state index in [0.29, 0.717) is 49.9 Å². The van der Waals surface area contributed by atoms with E-state index in [1.165, 1.54) is 11.1 Å². The van der Waals surface area contributed by atoms with E-state index in [2.05, 4.69) is 31.7 Å². The number of pyridine rings is 1. The van der Waals surface area contributed by atoms with Crippen molar-refractivity contribution in [2.24, 2.45) is 0 Å². The third-order valence-electron chi connectivity index (χ3n) is 6.94. The molecule has 0 spiro atoms. The highest BCUT2D eigenvalue weighted by atomic mass is 16.5. The highest BCUT2D eigenvalue weighted by Gasteiger charge is 2.35. The van der Waals surface area contributed by atoms with Crippen LogP contribution in [0.5, 0.6) is 11.5 Å². The number of hydrogen-bond donors (Lipinski definition) is 1. The molecule has 3 aromatic rings. The molecular formula is C28H34N6O5. The smallest absolute Gasteiger partial charge is 0.256 e. The van der Waals surface area contributed by atoms with Crippen LogP contribution in [0.15, 0.2) is 55.1 Å². The summed E-state index contributed by atoms with van der Waals surface area (Å²) < 4.78 is 19.7. The van der Waals surface area contributed by atoms with Crippen LogP contribution in [0.4, 0.5) is 0 Å². The fraction of sp³-hybridized carbons (Fsp3) is 0.429. The number of ether oxygens (including phenoxy) is 3. The first-order valence-electron chi connectivity index (χ1n) is 13.2. The first kappa shape index (κ1) is 26.8. The Bertz CT molecular complexity index is 1300. The van der Waals surface area contributed by atoms with Crippen molar-refractivity contribution in [3.05, 3.63) is 72.1 Å². The van der Waals surface area contributed by atoms with E-state index in [4.69, 9.17) is 14.2 Å². The molecule has 2 atom stereocenters. The van der Waals surface area contributed by atoms with Gasteiger partial charge in [0.15, 0.2) is 0 Å². The van der Waals surface area contributed by atoms with Crippen LogP contribution in [0.3, 0.4) is 0 Å². The first-order chi connectivity index (χ1) is 19.0. The summed E-state index contributed by atoms with van der Waals surface area (Å²) in [6.45, 7) is 5.62. The fourth-order valence-electron chi connectivity index (χ4n) is 4.96.